The number of benzene rings is 1. The van der Waals surface area contributed by atoms with Crippen LogP contribution in [0.2, 0.25) is 0 Å². The summed E-state index contributed by atoms with van der Waals surface area (Å²) in [6, 6.07) is 9.58. The summed E-state index contributed by atoms with van der Waals surface area (Å²) < 4.78 is 5.80. The van der Waals surface area contributed by atoms with Crippen molar-refractivity contribution in [1.82, 2.24) is 4.90 Å². The van der Waals surface area contributed by atoms with Crippen LogP contribution in [0.3, 0.4) is 0 Å². The lowest BCUT2D eigenvalue weighted by molar-refractivity contribution is 0.0664. The molecule has 0 aliphatic carbocycles. The van der Waals surface area contributed by atoms with Crippen LogP contribution in [0.4, 0.5) is 0 Å². The van der Waals surface area contributed by atoms with Crippen LogP contribution in [0.1, 0.15) is 51.6 Å². The Balaban J connectivity index is 2.25. The molecule has 1 heterocycles. The fraction of sp³-hybridized carbons (Fsp3) is 0.667. The van der Waals surface area contributed by atoms with E-state index in [1.165, 1.54) is 24.9 Å². The fourth-order valence-electron chi connectivity index (χ4n) is 3.40. The number of piperidine rings is 1. The topological polar surface area (TPSA) is 38.5 Å². The lowest BCUT2D eigenvalue weighted by Crippen LogP contribution is -2.44. The van der Waals surface area contributed by atoms with Crippen LogP contribution in [0, 0.1) is 5.92 Å². The molecule has 1 aliphatic rings. The second-order valence-electron chi connectivity index (χ2n) is 6.34. The third kappa shape index (κ3) is 3.98. The molecule has 3 heteroatoms. The number of hydrogen-bond acceptors (Lipinski definition) is 3. The van der Waals surface area contributed by atoms with Gasteiger partial charge in [0.1, 0.15) is 5.75 Å². The summed E-state index contributed by atoms with van der Waals surface area (Å²) in [5.41, 5.74) is 7.41. The molecule has 21 heavy (non-hydrogen) atoms. The number of likely N-dealkylation sites (tertiary alicyclic amines) is 1. The van der Waals surface area contributed by atoms with E-state index in [9.17, 15) is 0 Å². The monoisotopic (exact) mass is 290 g/mol. The minimum absolute atomic E-state index is 0.425. The van der Waals surface area contributed by atoms with E-state index in [1.54, 1.807) is 0 Å². The maximum Gasteiger partial charge on any atom is 0.119 e. The predicted molar refractivity (Wildman–Crippen MR) is 88.6 cm³/mol. The van der Waals surface area contributed by atoms with Gasteiger partial charge in [0.15, 0.2) is 0 Å². The molecule has 2 unspecified atom stereocenters. The van der Waals surface area contributed by atoms with Gasteiger partial charge in [-0.15, -0.1) is 0 Å². The second-order valence-corrected chi connectivity index (χ2v) is 6.34. The molecule has 3 nitrogen and oxygen atoms in total. The Bertz CT molecular complexity index is 433. The van der Waals surface area contributed by atoms with Crippen molar-refractivity contribution < 1.29 is 4.74 Å². The van der Waals surface area contributed by atoms with Crippen LogP contribution in [-0.4, -0.2) is 30.6 Å². The molecule has 1 aliphatic heterocycles. The Morgan fingerprint density at radius 2 is 2.19 bits per heavy atom. The molecule has 0 aromatic heterocycles. The molecule has 0 amide bonds. The maximum absolute atomic E-state index is 6.05. The summed E-state index contributed by atoms with van der Waals surface area (Å²) in [6.45, 7) is 9.40. The van der Waals surface area contributed by atoms with E-state index in [0.717, 1.165) is 25.3 Å². The smallest absolute Gasteiger partial charge is 0.119 e. The summed E-state index contributed by atoms with van der Waals surface area (Å²) >= 11 is 0. The predicted octanol–water partition coefficient (Wildman–Crippen LogP) is 3.60. The van der Waals surface area contributed by atoms with E-state index in [2.05, 4.69) is 49.9 Å². The van der Waals surface area contributed by atoms with E-state index in [4.69, 9.17) is 10.5 Å². The third-order valence-corrected chi connectivity index (χ3v) is 4.43. The van der Waals surface area contributed by atoms with Gasteiger partial charge in [0.2, 0.25) is 0 Å². The molecule has 0 spiro atoms. The zero-order chi connectivity index (χ0) is 15.2. The standard InChI is InChI=1S/C18H30N2O/c1-4-11-21-17-9-5-7-15(12-17)18-16(13-19)8-6-10-20(18)14(2)3/h5,7,9,12,14,16,18H,4,6,8,10-11,13,19H2,1-3H3. The van der Waals surface area contributed by atoms with Crippen LogP contribution >= 0.6 is 0 Å². The van der Waals surface area contributed by atoms with Gasteiger partial charge in [-0.25, -0.2) is 0 Å². The summed E-state index contributed by atoms with van der Waals surface area (Å²) in [5, 5.41) is 0. The Morgan fingerprint density at radius 3 is 2.86 bits per heavy atom. The number of ether oxygens (including phenoxy) is 1. The number of hydrogen-bond donors (Lipinski definition) is 1. The second kappa shape index (κ2) is 7.81. The summed E-state index contributed by atoms with van der Waals surface area (Å²) in [5.74, 6) is 1.53. The molecule has 2 N–H and O–H groups in total. The molecule has 2 rings (SSSR count). The van der Waals surface area contributed by atoms with Crippen molar-refractivity contribution in [1.29, 1.82) is 0 Å². The van der Waals surface area contributed by atoms with Crippen molar-refractivity contribution in [3.8, 4) is 5.75 Å². The van der Waals surface area contributed by atoms with Crippen molar-refractivity contribution in [3.05, 3.63) is 29.8 Å². The molecule has 0 saturated carbocycles. The molecular weight excluding hydrogens is 260 g/mol. The highest BCUT2D eigenvalue weighted by Crippen LogP contribution is 2.37. The Kier molecular flexibility index (Phi) is 6.07. The van der Waals surface area contributed by atoms with E-state index in [0.29, 0.717) is 18.0 Å². The van der Waals surface area contributed by atoms with E-state index < -0.39 is 0 Å². The van der Waals surface area contributed by atoms with Crippen molar-refractivity contribution in [2.75, 3.05) is 19.7 Å². The lowest BCUT2D eigenvalue weighted by Gasteiger charge is -2.43. The van der Waals surface area contributed by atoms with Crippen molar-refractivity contribution in [2.24, 2.45) is 11.7 Å². The zero-order valence-electron chi connectivity index (χ0n) is 13.7. The van der Waals surface area contributed by atoms with Crippen LogP contribution in [-0.2, 0) is 0 Å². The van der Waals surface area contributed by atoms with Gasteiger partial charge in [-0.1, -0.05) is 19.1 Å². The van der Waals surface area contributed by atoms with Gasteiger partial charge in [0.05, 0.1) is 6.61 Å². The number of rotatable bonds is 6. The first kappa shape index (κ1) is 16.3. The quantitative estimate of drug-likeness (QED) is 0.870. The van der Waals surface area contributed by atoms with Gasteiger partial charge in [0, 0.05) is 12.1 Å². The van der Waals surface area contributed by atoms with Gasteiger partial charge < -0.3 is 10.5 Å². The Hall–Kier alpha value is -1.06. The SMILES string of the molecule is CCCOc1cccc(C2C(CN)CCCN2C(C)C)c1. The van der Waals surface area contributed by atoms with Gasteiger partial charge in [-0.2, -0.15) is 0 Å². The first-order chi connectivity index (χ1) is 10.2. The first-order valence-electron chi connectivity index (χ1n) is 8.36. The zero-order valence-corrected chi connectivity index (χ0v) is 13.7. The van der Waals surface area contributed by atoms with E-state index in [1.807, 2.05) is 0 Å². The number of nitrogens with zero attached hydrogens (tertiary/aromatic N) is 1. The molecule has 0 radical (unpaired) electrons. The average Bonchev–Trinajstić information content (AvgIpc) is 2.52. The van der Waals surface area contributed by atoms with E-state index in [-0.39, 0.29) is 0 Å². The lowest BCUT2D eigenvalue weighted by atomic mass is 9.84. The minimum Gasteiger partial charge on any atom is -0.494 e. The van der Waals surface area contributed by atoms with Crippen LogP contribution < -0.4 is 10.5 Å². The van der Waals surface area contributed by atoms with Crippen LogP contribution in [0.15, 0.2) is 24.3 Å². The highest BCUT2D eigenvalue weighted by Gasteiger charge is 2.33. The Labute approximate surface area is 129 Å². The first-order valence-corrected chi connectivity index (χ1v) is 8.36. The van der Waals surface area contributed by atoms with Crippen LogP contribution in [0.5, 0.6) is 5.75 Å². The van der Waals surface area contributed by atoms with Gasteiger partial charge >= 0.3 is 0 Å². The highest BCUT2D eigenvalue weighted by molar-refractivity contribution is 5.31. The van der Waals surface area contributed by atoms with Gasteiger partial charge in [0.25, 0.3) is 0 Å². The summed E-state index contributed by atoms with van der Waals surface area (Å²) in [6.07, 6.45) is 3.52. The average molecular weight is 290 g/mol. The highest BCUT2D eigenvalue weighted by atomic mass is 16.5. The molecule has 0 bridgehead atoms. The maximum atomic E-state index is 6.05. The molecule has 118 valence electrons. The van der Waals surface area contributed by atoms with Crippen LogP contribution in [0.25, 0.3) is 0 Å². The molecule has 1 aromatic rings. The fourth-order valence-corrected chi connectivity index (χ4v) is 3.40. The van der Waals surface area contributed by atoms with Crippen molar-refractivity contribution in [2.45, 2.75) is 52.1 Å². The molecule has 1 fully saturated rings. The molecule has 1 saturated heterocycles. The molecule has 2 atom stereocenters. The Morgan fingerprint density at radius 1 is 1.38 bits per heavy atom. The minimum atomic E-state index is 0.425. The van der Waals surface area contributed by atoms with Crippen molar-refractivity contribution >= 4 is 0 Å². The van der Waals surface area contributed by atoms with E-state index >= 15 is 0 Å². The largest absolute Gasteiger partial charge is 0.494 e. The molecule has 1 aromatic carbocycles. The third-order valence-electron chi connectivity index (χ3n) is 4.43. The molecular formula is C18H30N2O. The van der Waals surface area contributed by atoms with Crippen molar-refractivity contribution in [3.63, 3.8) is 0 Å². The van der Waals surface area contributed by atoms with Gasteiger partial charge in [-0.3, -0.25) is 4.90 Å². The number of nitrogens with two attached hydrogens (primary N) is 1. The normalized spacial score (nSPS) is 23.5. The van der Waals surface area contributed by atoms with Gasteiger partial charge in [-0.05, 0) is 69.8 Å². The summed E-state index contributed by atoms with van der Waals surface area (Å²) in [4.78, 5) is 2.60. The summed E-state index contributed by atoms with van der Waals surface area (Å²) in [7, 11) is 0.